The van der Waals surface area contributed by atoms with E-state index in [1.807, 2.05) is 0 Å². The maximum atomic E-state index is 12.0. The van der Waals surface area contributed by atoms with E-state index >= 15 is 0 Å². The van der Waals surface area contributed by atoms with Crippen LogP contribution in [-0.4, -0.2) is 25.0 Å². The first kappa shape index (κ1) is 20.2. The summed E-state index contributed by atoms with van der Waals surface area (Å²) in [5.41, 5.74) is 2.41. The Hall–Kier alpha value is -2.54. The van der Waals surface area contributed by atoms with E-state index in [1.54, 1.807) is 13.0 Å². The molecule has 1 aromatic carbocycles. The van der Waals surface area contributed by atoms with Crippen molar-refractivity contribution < 1.29 is 19.1 Å². The van der Waals surface area contributed by atoms with Crippen LogP contribution in [0.25, 0.3) is 0 Å². The molecule has 0 amide bonds. The van der Waals surface area contributed by atoms with Crippen LogP contribution in [0.2, 0.25) is 0 Å². The molecule has 1 heterocycles. The number of aryl methyl sites for hydroxylation is 1. The smallest absolute Gasteiger partial charge is 0.305 e. The van der Waals surface area contributed by atoms with Crippen molar-refractivity contribution in [3.63, 3.8) is 0 Å². The fraction of sp³-hybridized carbons (Fsp3) is 0.500. The molecule has 3 rings (SSSR count). The number of hydrogen-bond donors (Lipinski definition) is 0. The summed E-state index contributed by atoms with van der Waals surface area (Å²) >= 11 is 0. The van der Waals surface area contributed by atoms with Gasteiger partial charge in [-0.2, -0.15) is 0 Å². The van der Waals surface area contributed by atoms with Crippen molar-refractivity contribution in [3.05, 3.63) is 41.5 Å². The van der Waals surface area contributed by atoms with Gasteiger partial charge in [-0.25, -0.2) is 0 Å². The zero-order valence-corrected chi connectivity index (χ0v) is 16.7. The Bertz CT molecular complexity index is 812. The Kier molecular flexibility index (Phi) is 6.92. The van der Waals surface area contributed by atoms with E-state index in [0.717, 1.165) is 37.0 Å². The molecule has 1 aliphatic heterocycles. The van der Waals surface area contributed by atoms with E-state index in [0.29, 0.717) is 31.1 Å². The standard InChI is InChI=1S/C24H28O4/c1-3-4-5-10-19(25)15-13-17-14-16-21-23(17)20-11-6-8-18(24(20)28-21)9-7-12-22(26)27-2/h6,8,11,13,15,17,21,23H,5,7,9-10,12,14,16H2,1-2H3/b15-13+. The number of carbonyl (C=O) groups is 2. The lowest BCUT2D eigenvalue weighted by Gasteiger charge is -2.14. The third-order valence-electron chi connectivity index (χ3n) is 5.66. The minimum absolute atomic E-state index is 0.141. The van der Waals surface area contributed by atoms with Crippen molar-refractivity contribution in [2.45, 2.75) is 63.9 Å². The molecule has 148 valence electrons. The van der Waals surface area contributed by atoms with Crippen molar-refractivity contribution in [3.8, 4) is 17.6 Å². The zero-order chi connectivity index (χ0) is 19.9. The highest BCUT2D eigenvalue weighted by Gasteiger charge is 2.44. The Morgan fingerprint density at radius 2 is 2.14 bits per heavy atom. The van der Waals surface area contributed by atoms with Gasteiger partial charge in [-0.05, 0) is 50.2 Å². The molecule has 1 aliphatic carbocycles. The number of ether oxygens (including phenoxy) is 2. The Morgan fingerprint density at radius 3 is 2.93 bits per heavy atom. The van der Waals surface area contributed by atoms with Crippen molar-refractivity contribution in [1.29, 1.82) is 0 Å². The number of allylic oxidation sites excluding steroid dienone is 2. The highest BCUT2D eigenvalue weighted by Crippen LogP contribution is 2.51. The Labute approximate surface area is 167 Å². The number of carbonyl (C=O) groups excluding carboxylic acids is 2. The van der Waals surface area contributed by atoms with Crippen LogP contribution < -0.4 is 4.74 Å². The van der Waals surface area contributed by atoms with Gasteiger partial charge in [0.05, 0.1) is 7.11 Å². The quantitative estimate of drug-likeness (QED) is 0.382. The summed E-state index contributed by atoms with van der Waals surface area (Å²) in [4.78, 5) is 23.4. The van der Waals surface area contributed by atoms with E-state index in [9.17, 15) is 9.59 Å². The Balaban J connectivity index is 1.66. The predicted octanol–water partition coefficient (Wildman–Crippen LogP) is 4.37. The molecule has 0 saturated heterocycles. The molecule has 1 aromatic rings. The summed E-state index contributed by atoms with van der Waals surface area (Å²) in [6.45, 7) is 1.79. The Morgan fingerprint density at radius 1 is 1.29 bits per heavy atom. The molecule has 1 fully saturated rings. The molecule has 1 saturated carbocycles. The van der Waals surface area contributed by atoms with Crippen molar-refractivity contribution >= 4 is 11.8 Å². The zero-order valence-electron chi connectivity index (χ0n) is 16.7. The predicted molar refractivity (Wildman–Crippen MR) is 108 cm³/mol. The highest BCUT2D eigenvalue weighted by molar-refractivity contribution is 5.89. The lowest BCUT2D eigenvalue weighted by Crippen LogP contribution is -2.14. The first-order valence-electron chi connectivity index (χ1n) is 10.1. The normalized spacial score (nSPS) is 22.1. The second-order valence-corrected chi connectivity index (χ2v) is 7.44. The van der Waals surface area contributed by atoms with Gasteiger partial charge in [-0.3, -0.25) is 9.59 Å². The van der Waals surface area contributed by atoms with E-state index in [4.69, 9.17) is 9.47 Å². The van der Waals surface area contributed by atoms with Crippen LogP contribution >= 0.6 is 0 Å². The number of ketones is 1. The number of esters is 1. The van der Waals surface area contributed by atoms with E-state index < -0.39 is 0 Å². The fourth-order valence-electron chi connectivity index (χ4n) is 4.28. The van der Waals surface area contributed by atoms with Crippen LogP contribution in [0.15, 0.2) is 30.4 Å². The lowest BCUT2D eigenvalue weighted by atomic mass is 9.87. The summed E-state index contributed by atoms with van der Waals surface area (Å²) in [5.74, 6) is 7.36. The molecule has 4 heteroatoms. The molecule has 28 heavy (non-hydrogen) atoms. The summed E-state index contributed by atoms with van der Waals surface area (Å²) in [6.07, 6.45) is 9.13. The van der Waals surface area contributed by atoms with Crippen LogP contribution in [0.3, 0.4) is 0 Å². The van der Waals surface area contributed by atoms with Crippen LogP contribution in [0.1, 0.15) is 62.5 Å². The number of hydrogen-bond acceptors (Lipinski definition) is 4. The summed E-state index contributed by atoms with van der Waals surface area (Å²) < 4.78 is 11.0. The van der Waals surface area contributed by atoms with Crippen LogP contribution in [0.4, 0.5) is 0 Å². The average Bonchev–Trinajstić information content (AvgIpc) is 3.26. The SMILES string of the molecule is CC#CCCC(=O)/C=C/C1CCC2Oc3c(CCCC(=O)OC)cccc3C12. The van der Waals surface area contributed by atoms with Crippen molar-refractivity contribution in [2.24, 2.45) is 5.92 Å². The van der Waals surface area contributed by atoms with E-state index in [2.05, 4.69) is 36.1 Å². The molecule has 2 aliphatic rings. The lowest BCUT2D eigenvalue weighted by molar-refractivity contribution is -0.140. The van der Waals surface area contributed by atoms with Crippen molar-refractivity contribution in [1.82, 2.24) is 0 Å². The molecular weight excluding hydrogens is 352 g/mol. The van der Waals surface area contributed by atoms with Gasteiger partial charge in [-0.1, -0.05) is 24.3 Å². The fourth-order valence-corrected chi connectivity index (χ4v) is 4.28. The number of fused-ring (bicyclic) bond motifs is 3. The van der Waals surface area contributed by atoms with Gasteiger partial charge in [0.25, 0.3) is 0 Å². The second-order valence-electron chi connectivity index (χ2n) is 7.44. The first-order chi connectivity index (χ1) is 13.6. The molecule has 0 N–H and O–H groups in total. The van der Waals surface area contributed by atoms with Gasteiger partial charge in [0, 0.05) is 30.7 Å². The highest BCUT2D eigenvalue weighted by atomic mass is 16.5. The third-order valence-corrected chi connectivity index (χ3v) is 5.66. The molecule has 4 nitrogen and oxygen atoms in total. The van der Waals surface area contributed by atoms with Gasteiger partial charge in [0.15, 0.2) is 5.78 Å². The third kappa shape index (κ3) is 4.65. The number of rotatable bonds is 8. The largest absolute Gasteiger partial charge is 0.489 e. The minimum atomic E-state index is -0.176. The second kappa shape index (κ2) is 9.59. The van der Waals surface area contributed by atoms with Gasteiger partial charge in [0.1, 0.15) is 11.9 Å². The van der Waals surface area contributed by atoms with Crippen molar-refractivity contribution in [2.75, 3.05) is 7.11 Å². The van der Waals surface area contributed by atoms with Gasteiger partial charge < -0.3 is 9.47 Å². The van der Waals surface area contributed by atoms with Crippen LogP contribution in [-0.2, 0) is 20.7 Å². The van der Waals surface area contributed by atoms with Crippen LogP contribution in [0.5, 0.6) is 5.75 Å². The van der Waals surface area contributed by atoms with E-state index in [1.165, 1.54) is 12.7 Å². The first-order valence-corrected chi connectivity index (χ1v) is 10.1. The summed E-state index contributed by atoms with van der Waals surface area (Å²) in [6, 6.07) is 6.31. The molecule has 3 unspecified atom stereocenters. The number of para-hydroxylation sites is 1. The molecule has 0 radical (unpaired) electrons. The summed E-state index contributed by atoms with van der Waals surface area (Å²) in [7, 11) is 1.42. The summed E-state index contributed by atoms with van der Waals surface area (Å²) in [5, 5.41) is 0. The topological polar surface area (TPSA) is 52.6 Å². The number of methoxy groups -OCH3 is 1. The van der Waals surface area contributed by atoms with E-state index in [-0.39, 0.29) is 17.9 Å². The van der Waals surface area contributed by atoms with Gasteiger partial charge >= 0.3 is 5.97 Å². The average molecular weight is 380 g/mol. The van der Waals surface area contributed by atoms with Crippen LogP contribution in [0, 0.1) is 17.8 Å². The maximum absolute atomic E-state index is 12.0. The maximum Gasteiger partial charge on any atom is 0.305 e. The monoisotopic (exact) mass is 380 g/mol. The number of benzene rings is 1. The van der Waals surface area contributed by atoms with Gasteiger partial charge in [0.2, 0.25) is 0 Å². The molecule has 0 aromatic heterocycles. The molecular formula is C24H28O4. The minimum Gasteiger partial charge on any atom is -0.489 e. The molecule has 0 bridgehead atoms. The molecule has 3 atom stereocenters. The molecule has 0 spiro atoms. The van der Waals surface area contributed by atoms with Gasteiger partial charge in [-0.15, -0.1) is 11.8 Å².